The molecule has 0 saturated heterocycles. The van der Waals surface area contributed by atoms with Crippen LogP contribution < -0.4 is 10.6 Å². The van der Waals surface area contributed by atoms with Crippen LogP contribution in [0.2, 0.25) is 0 Å². The molecule has 0 aromatic carbocycles. The summed E-state index contributed by atoms with van der Waals surface area (Å²) in [6, 6.07) is 0. The highest BCUT2D eigenvalue weighted by atomic mass is 16.5. The van der Waals surface area contributed by atoms with Crippen molar-refractivity contribution in [2.45, 2.75) is 46.0 Å². The zero-order chi connectivity index (χ0) is 20.0. The summed E-state index contributed by atoms with van der Waals surface area (Å²) in [7, 11) is 0. The topological polar surface area (TPSA) is 95.1 Å². The lowest BCUT2D eigenvalue weighted by Gasteiger charge is -2.08. The van der Waals surface area contributed by atoms with Gasteiger partial charge in [-0.15, -0.1) is 0 Å². The van der Waals surface area contributed by atoms with Crippen LogP contribution in [0.15, 0.2) is 0 Å². The van der Waals surface area contributed by atoms with Gasteiger partial charge < -0.3 is 29.6 Å². The number of unbranched alkanes of at least 4 members (excludes halogenated alkanes) is 1. The van der Waals surface area contributed by atoms with Crippen LogP contribution in [0.3, 0.4) is 0 Å². The molecule has 0 rings (SSSR count). The molecule has 0 heterocycles. The van der Waals surface area contributed by atoms with Crippen molar-refractivity contribution in [2.24, 2.45) is 0 Å². The molecule has 8 nitrogen and oxygen atoms in total. The van der Waals surface area contributed by atoms with Crippen LogP contribution in [-0.2, 0) is 28.5 Å². The number of ether oxygens (including phenoxy) is 4. The number of nitrogens with one attached hydrogen (secondary N) is 2. The minimum atomic E-state index is -0.140. The average molecular weight is 391 g/mol. The molecule has 0 saturated carbocycles. The van der Waals surface area contributed by atoms with Crippen molar-refractivity contribution in [2.75, 3.05) is 65.8 Å². The minimum Gasteiger partial charge on any atom is -0.466 e. The molecule has 0 fully saturated rings. The van der Waals surface area contributed by atoms with Gasteiger partial charge in [-0.25, -0.2) is 0 Å². The maximum Gasteiger partial charge on any atom is 0.305 e. The van der Waals surface area contributed by atoms with E-state index in [4.69, 9.17) is 18.9 Å². The van der Waals surface area contributed by atoms with Crippen molar-refractivity contribution in [3.05, 3.63) is 0 Å². The summed E-state index contributed by atoms with van der Waals surface area (Å²) in [6.45, 7) is 10.2. The van der Waals surface area contributed by atoms with Gasteiger partial charge in [-0.2, -0.15) is 0 Å². The molecular formula is C19H38N2O6. The molecule has 0 radical (unpaired) electrons. The number of rotatable bonds is 20. The highest BCUT2D eigenvalue weighted by molar-refractivity contribution is 5.69. The van der Waals surface area contributed by atoms with E-state index in [0.717, 1.165) is 45.4 Å². The number of hydrogen-bond acceptors (Lipinski definition) is 8. The van der Waals surface area contributed by atoms with Crippen LogP contribution in [-0.4, -0.2) is 77.8 Å². The summed E-state index contributed by atoms with van der Waals surface area (Å²) in [5.41, 5.74) is 0. The molecule has 160 valence electrons. The molecule has 0 unspecified atom stereocenters. The third-order valence-electron chi connectivity index (χ3n) is 3.55. The van der Waals surface area contributed by atoms with Crippen LogP contribution in [0.4, 0.5) is 0 Å². The number of carbonyl (C=O) groups excluding carboxylic acids is 2. The Morgan fingerprint density at radius 1 is 0.630 bits per heavy atom. The first-order valence-electron chi connectivity index (χ1n) is 10.1. The van der Waals surface area contributed by atoms with Gasteiger partial charge in [-0.1, -0.05) is 0 Å². The minimum absolute atomic E-state index is 0.118. The van der Waals surface area contributed by atoms with Crippen LogP contribution >= 0.6 is 0 Å². The SMILES string of the molecule is CCOC(=O)CCCCNCCOCCOCCNCCCC(=O)OCC. The first-order chi connectivity index (χ1) is 13.2. The zero-order valence-corrected chi connectivity index (χ0v) is 17.1. The number of hydrogen-bond donors (Lipinski definition) is 2. The standard InChI is InChI=1S/C19H38N2O6/c1-3-26-18(22)8-5-6-10-20-12-14-24-16-17-25-15-13-21-11-7-9-19(23)27-4-2/h20-21H,3-17H2,1-2H3. The fourth-order valence-corrected chi connectivity index (χ4v) is 2.20. The number of esters is 2. The van der Waals surface area contributed by atoms with Crippen molar-refractivity contribution in [3.8, 4) is 0 Å². The molecule has 0 atom stereocenters. The summed E-state index contributed by atoms with van der Waals surface area (Å²) >= 11 is 0. The van der Waals surface area contributed by atoms with Gasteiger partial charge >= 0.3 is 11.9 Å². The Morgan fingerprint density at radius 2 is 1.11 bits per heavy atom. The van der Waals surface area contributed by atoms with Gasteiger partial charge in [-0.05, 0) is 46.2 Å². The molecule has 0 aromatic heterocycles. The van der Waals surface area contributed by atoms with E-state index >= 15 is 0 Å². The smallest absolute Gasteiger partial charge is 0.305 e. The molecule has 2 N–H and O–H groups in total. The highest BCUT2D eigenvalue weighted by Crippen LogP contribution is 1.96. The second-order valence-corrected chi connectivity index (χ2v) is 5.90. The Kier molecular flexibility index (Phi) is 20.1. The van der Waals surface area contributed by atoms with Gasteiger partial charge in [0.25, 0.3) is 0 Å². The van der Waals surface area contributed by atoms with E-state index in [2.05, 4.69) is 10.6 Å². The Morgan fingerprint density at radius 3 is 1.63 bits per heavy atom. The van der Waals surface area contributed by atoms with E-state index in [-0.39, 0.29) is 11.9 Å². The van der Waals surface area contributed by atoms with Crippen molar-refractivity contribution in [3.63, 3.8) is 0 Å². The number of carbonyl (C=O) groups is 2. The summed E-state index contributed by atoms with van der Waals surface area (Å²) in [6.07, 6.45) is 3.52. The second-order valence-electron chi connectivity index (χ2n) is 5.90. The van der Waals surface area contributed by atoms with Crippen molar-refractivity contribution < 1.29 is 28.5 Å². The highest BCUT2D eigenvalue weighted by Gasteiger charge is 2.01. The van der Waals surface area contributed by atoms with Crippen molar-refractivity contribution in [1.29, 1.82) is 0 Å². The first-order valence-corrected chi connectivity index (χ1v) is 10.1. The molecule has 0 bridgehead atoms. The quantitative estimate of drug-likeness (QED) is 0.237. The predicted octanol–water partition coefficient (Wildman–Crippen LogP) is 1.28. The van der Waals surface area contributed by atoms with E-state index < -0.39 is 0 Å². The van der Waals surface area contributed by atoms with Crippen LogP contribution in [0, 0.1) is 0 Å². The van der Waals surface area contributed by atoms with E-state index in [0.29, 0.717) is 52.5 Å². The van der Waals surface area contributed by atoms with E-state index in [1.54, 1.807) is 0 Å². The third-order valence-corrected chi connectivity index (χ3v) is 3.55. The van der Waals surface area contributed by atoms with Crippen LogP contribution in [0.5, 0.6) is 0 Å². The molecule has 0 aliphatic heterocycles. The predicted molar refractivity (Wildman–Crippen MR) is 104 cm³/mol. The molecule has 8 heteroatoms. The van der Waals surface area contributed by atoms with Crippen LogP contribution in [0.25, 0.3) is 0 Å². The second kappa shape index (κ2) is 21.1. The molecule has 0 aliphatic rings. The third kappa shape index (κ3) is 20.9. The maximum absolute atomic E-state index is 11.1. The van der Waals surface area contributed by atoms with Crippen LogP contribution in [0.1, 0.15) is 46.0 Å². The maximum atomic E-state index is 11.1. The van der Waals surface area contributed by atoms with Gasteiger partial charge in [0.1, 0.15) is 0 Å². The zero-order valence-electron chi connectivity index (χ0n) is 17.1. The Balaban J connectivity index is 3.09. The average Bonchev–Trinajstić information content (AvgIpc) is 2.64. The Labute approximate surface area is 163 Å². The summed E-state index contributed by atoms with van der Waals surface area (Å²) in [5, 5.41) is 6.50. The first kappa shape index (κ1) is 25.8. The van der Waals surface area contributed by atoms with Crippen molar-refractivity contribution >= 4 is 11.9 Å². The summed E-state index contributed by atoms with van der Waals surface area (Å²) in [4.78, 5) is 22.3. The lowest BCUT2D eigenvalue weighted by molar-refractivity contribution is -0.144. The van der Waals surface area contributed by atoms with Gasteiger partial charge in [-0.3, -0.25) is 9.59 Å². The molecule has 0 amide bonds. The summed E-state index contributed by atoms with van der Waals surface area (Å²) < 4.78 is 20.7. The van der Waals surface area contributed by atoms with E-state index in [1.807, 2.05) is 13.8 Å². The van der Waals surface area contributed by atoms with Crippen molar-refractivity contribution in [1.82, 2.24) is 10.6 Å². The lowest BCUT2D eigenvalue weighted by Crippen LogP contribution is -2.23. The van der Waals surface area contributed by atoms with E-state index in [1.165, 1.54) is 0 Å². The molecule has 27 heavy (non-hydrogen) atoms. The fourth-order valence-electron chi connectivity index (χ4n) is 2.20. The largest absolute Gasteiger partial charge is 0.466 e. The molecular weight excluding hydrogens is 352 g/mol. The summed E-state index contributed by atoms with van der Waals surface area (Å²) in [5.74, 6) is -0.258. The molecule has 0 spiro atoms. The fraction of sp³-hybridized carbons (Fsp3) is 0.895. The van der Waals surface area contributed by atoms with E-state index in [9.17, 15) is 9.59 Å². The normalized spacial score (nSPS) is 10.7. The molecule has 0 aromatic rings. The van der Waals surface area contributed by atoms with Gasteiger partial charge in [0.15, 0.2) is 0 Å². The van der Waals surface area contributed by atoms with Gasteiger partial charge in [0.2, 0.25) is 0 Å². The Bertz CT molecular complexity index is 323. The monoisotopic (exact) mass is 390 g/mol. The lowest BCUT2D eigenvalue weighted by atomic mass is 10.2. The Hall–Kier alpha value is -1.22. The van der Waals surface area contributed by atoms with Gasteiger partial charge in [0, 0.05) is 25.9 Å². The molecule has 0 aliphatic carbocycles. The van der Waals surface area contributed by atoms with Gasteiger partial charge in [0.05, 0.1) is 39.6 Å².